The first-order chi connectivity index (χ1) is 17.6. The smallest absolute Gasteiger partial charge is 0.337 e. The van der Waals surface area contributed by atoms with Crippen molar-refractivity contribution in [2.75, 3.05) is 32.5 Å². The Labute approximate surface area is 212 Å². The minimum Gasteiger partial charge on any atom is -0.465 e. The molecule has 7 heteroatoms. The number of unbranched alkanes of at least 4 members (excludes halogenated alkanes) is 2. The van der Waals surface area contributed by atoms with Crippen LogP contribution in [-0.4, -0.2) is 44.0 Å². The van der Waals surface area contributed by atoms with Crippen LogP contribution < -0.4 is 10.5 Å². The average molecular weight is 491 g/mol. The predicted octanol–water partition coefficient (Wildman–Crippen LogP) is 5.24. The topological polar surface area (TPSA) is 91.1 Å². The molecule has 0 aliphatic heterocycles. The van der Waals surface area contributed by atoms with Crippen molar-refractivity contribution in [2.45, 2.75) is 32.4 Å². The predicted molar refractivity (Wildman–Crippen MR) is 140 cm³/mol. The van der Waals surface area contributed by atoms with Crippen molar-refractivity contribution in [2.24, 2.45) is 0 Å². The van der Waals surface area contributed by atoms with Gasteiger partial charge in [0, 0.05) is 25.2 Å². The molecule has 7 nitrogen and oxygen atoms in total. The number of aldehydes is 1. The van der Waals surface area contributed by atoms with Gasteiger partial charge < -0.3 is 24.7 Å². The number of nitrogen functional groups attached to an aromatic ring is 1. The number of hydrogen-bond acceptors (Lipinski definition) is 7. The molecule has 3 rings (SSSR count). The van der Waals surface area contributed by atoms with Crippen LogP contribution in [0.25, 0.3) is 0 Å². The van der Waals surface area contributed by atoms with Gasteiger partial charge in [-0.1, -0.05) is 24.3 Å². The summed E-state index contributed by atoms with van der Waals surface area (Å²) < 4.78 is 16.5. The van der Waals surface area contributed by atoms with Crippen LogP contribution in [0, 0.1) is 0 Å². The lowest BCUT2D eigenvalue weighted by atomic mass is 10.1. The zero-order chi connectivity index (χ0) is 25.6. The van der Waals surface area contributed by atoms with Crippen molar-refractivity contribution < 1.29 is 23.8 Å². The molecule has 0 spiro atoms. The minimum absolute atomic E-state index is 0.342. The fourth-order valence-corrected chi connectivity index (χ4v) is 3.66. The summed E-state index contributed by atoms with van der Waals surface area (Å²) in [5.41, 5.74) is 9.12. The Kier molecular flexibility index (Phi) is 11.0. The molecule has 0 bridgehead atoms. The van der Waals surface area contributed by atoms with Gasteiger partial charge in [0.1, 0.15) is 17.8 Å². The Morgan fingerprint density at radius 3 is 2.14 bits per heavy atom. The van der Waals surface area contributed by atoms with Crippen molar-refractivity contribution in [3.05, 3.63) is 89.5 Å². The quantitative estimate of drug-likeness (QED) is 0.135. The van der Waals surface area contributed by atoms with Gasteiger partial charge in [-0.05, 0) is 79.0 Å². The summed E-state index contributed by atoms with van der Waals surface area (Å²) in [6, 6.07) is 22.6. The van der Waals surface area contributed by atoms with Gasteiger partial charge in [-0.3, -0.25) is 4.90 Å². The lowest BCUT2D eigenvalue weighted by molar-refractivity contribution is -0.107. The van der Waals surface area contributed by atoms with E-state index in [0.29, 0.717) is 30.9 Å². The van der Waals surface area contributed by atoms with Gasteiger partial charge in [0.05, 0.1) is 25.9 Å². The van der Waals surface area contributed by atoms with E-state index in [-0.39, 0.29) is 5.97 Å². The monoisotopic (exact) mass is 490 g/mol. The van der Waals surface area contributed by atoms with E-state index in [1.807, 2.05) is 48.5 Å². The highest BCUT2D eigenvalue weighted by Gasteiger charge is 2.09. The van der Waals surface area contributed by atoms with Crippen molar-refractivity contribution in [1.29, 1.82) is 0 Å². The standard InChI is InChI=1S/C29H34N2O5/c1-34-29(33)25-9-5-23(6-10-25)21-31(17-3-2-4-19-32)18-20-35-22-24-7-13-27(14-8-24)36-28-15-11-26(30)12-16-28/h5-16,19H,2-4,17-18,20-22,30H2,1H3. The van der Waals surface area contributed by atoms with E-state index in [9.17, 15) is 9.59 Å². The highest BCUT2D eigenvalue weighted by atomic mass is 16.5. The van der Waals surface area contributed by atoms with Crippen molar-refractivity contribution >= 4 is 17.9 Å². The van der Waals surface area contributed by atoms with E-state index in [0.717, 1.165) is 61.4 Å². The zero-order valence-electron chi connectivity index (χ0n) is 20.7. The first-order valence-electron chi connectivity index (χ1n) is 12.1. The number of nitrogens with two attached hydrogens (primary N) is 1. The van der Waals surface area contributed by atoms with Crippen LogP contribution in [-0.2, 0) is 27.4 Å². The first-order valence-corrected chi connectivity index (χ1v) is 12.1. The zero-order valence-corrected chi connectivity index (χ0v) is 20.7. The summed E-state index contributed by atoms with van der Waals surface area (Å²) in [6.45, 7) is 3.46. The third-order valence-corrected chi connectivity index (χ3v) is 5.69. The SMILES string of the molecule is COC(=O)c1ccc(CN(CCCCC=O)CCOCc2ccc(Oc3ccc(N)cc3)cc2)cc1. The molecule has 0 fully saturated rings. The van der Waals surface area contributed by atoms with Crippen molar-refractivity contribution in [1.82, 2.24) is 4.90 Å². The lowest BCUT2D eigenvalue weighted by Gasteiger charge is -2.22. The molecule has 2 N–H and O–H groups in total. The Hall–Kier alpha value is -3.68. The molecule has 36 heavy (non-hydrogen) atoms. The molecule has 0 atom stereocenters. The molecule has 3 aromatic rings. The van der Waals surface area contributed by atoms with Gasteiger partial charge >= 0.3 is 5.97 Å². The molecule has 0 aliphatic carbocycles. The van der Waals surface area contributed by atoms with Crippen LogP contribution in [0.3, 0.4) is 0 Å². The Balaban J connectivity index is 1.46. The maximum Gasteiger partial charge on any atom is 0.337 e. The summed E-state index contributed by atoms with van der Waals surface area (Å²) >= 11 is 0. The van der Waals surface area contributed by atoms with Gasteiger partial charge in [0.2, 0.25) is 0 Å². The first kappa shape index (κ1) is 26.9. The molecule has 0 aromatic heterocycles. The molecule has 0 amide bonds. The minimum atomic E-state index is -0.342. The second kappa shape index (κ2) is 14.7. The molecule has 0 saturated carbocycles. The maximum absolute atomic E-state index is 11.7. The Morgan fingerprint density at radius 2 is 1.50 bits per heavy atom. The Morgan fingerprint density at radius 1 is 0.861 bits per heavy atom. The van der Waals surface area contributed by atoms with Gasteiger partial charge in [-0.2, -0.15) is 0 Å². The lowest BCUT2D eigenvalue weighted by Crippen LogP contribution is -2.28. The molecule has 190 valence electrons. The molecule has 3 aromatic carbocycles. The molecule has 0 heterocycles. The third-order valence-electron chi connectivity index (χ3n) is 5.69. The fourth-order valence-electron chi connectivity index (χ4n) is 3.66. The van der Waals surface area contributed by atoms with Gasteiger partial charge in [0.25, 0.3) is 0 Å². The summed E-state index contributed by atoms with van der Waals surface area (Å²) in [6.07, 6.45) is 3.35. The van der Waals surface area contributed by atoms with E-state index >= 15 is 0 Å². The number of ether oxygens (including phenoxy) is 3. The molecule has 0 radical (unpaired) electrons. The summed E-state index contributed by atoms with van der Waals surface area (Å²) in [5.74, 6) is 1.15. The van der Waals surface area contributed by atoms with Crippen molar-refractivity contribution in [3.8, 4) is 11.5 Å². The van der Waals surface area contributed by atoms with E-state index in [2.05, 4.69) is 4.90 Å². The van der Waals surface area contributed by atoms with E-state index in [4.69, 9.17) is 19.9 Å². The number of carbonyl (C=O) groups excluding carboxylic acids is 2. The number of rotatable bonds is 15. The van der Waals surface area contributed by atoms with Crippen molar-refractivity contribution in [3.63, 3.8) is 0 Å². The second-order valence-electron chi connectivity index (χ2n) is 8.49. The number of nitrogens with zero attached hydrogens (tertiary/aromatic N) is 1. The number of carbonyl (C=O) groups is 2. The summed E-state index contributed by atoms with van der Waals surface area (Å²) in [5, 5.41) is 0. The normalized spacial score (nSPS) is 10.8. The number of benzene rings is 3. The third kappa shape index (κ3) is 9.17. The molecule has 0 aliphatic rings. The fraction of sp³-hybridized carbons (Fsp3) is 0.310. The van der Waals surface area contributed by atoms with Gasteiger partial charge in [0.15, 0.2) is 0 Å². The summed E-state index contributed by atoms with van der Waals surface area (Å²) in [7, 11) is 1.38. The van der Waals surface area contributed by atoms with Gasteiger partial charge in [-0.15, -0.1) is 0 Å². The number of esters is 1. The molecular formula is C29H34N2O5. The Bertz CT molecular complexity index is 1070. The van der Waals surface area contributed by atoms with Crippen LogP contribution >= 0.6 is 0 Å². The number of methoxy groups -OCH3 is 1. The highest BCUT2D eigenvalue weighted by Crippen LogP contribution is 2.22. The summed E-state index contributed by atoms with van der Waals surface area (Å²) in [4.78, 5) is 24.6. The molecule has 0 saturated heterocycles. The van der Waals surface area contributed by atoms with Crippen LogP contribution in [0.1, 0.15) is 40.7 Å². The highest BCUT2D eigenvalue weighted by molar-refractivity contribution is 5.89. The van der Waals surface area contributed by atoms with Crippen LogP contribution in [0.4, 0.5) is 5.69 Å². The second-order valence-corrected chi connectivity index (χ2v) is 8.49. The maximum atomic E-state index is 11.7. The van der Waals surface area contributed by atoms with E-state index in [1.54, 1.807) is 24.3 Å². The van der Waals surface area contributed by atoms with Gasteiger partial charge in [-0.25, -0.2) is 4.79 Å². The van der Waals surface area contributed by atoms with Crippen LogP contribution in [0.5, 0.6) is 11.5 Å². The van der Waals surface area contributed by atoms with Crippen LogP contribution in [0.2, 0.25) is 0 Å². The average Bonchev–Trinajstić information content (AvgIpc) is 2.91. The number of anilines is 1. The van der Waals surface area contributed by atoms with Crippen LogP contribution in [0.15, 0.2) is 72.8 Å². The number of hydrogen-bond donors (Lipinski definition) is 1. The van der Waals surface area contributed by atoms with E-state index in [1.165, 1.54) is 7.11 Å². The molecule has 0 unspecified atom stereocenters. The largest absolute Gasteiger partial charge is 0.465 e. The molecular weight excluding hydrogens is 456 g/mol. The van der Waals surface area contributed by atoms with E-state index < -0.39 is 0 Å².